The van der Waals surface area contributed by atoms with Gasteiger partial charge in [0.15, 0.2) is 0 Å². The molecule has 2 aromatic rings. The lowest BCUT2D eigenvalue weighted by Crippen LogP contribution is -2.26. The topological polar surface area (TPSA) is 71.1 Å². The minimum absolute atomic E-state index is 0.0624. The molecule has 0 bridgehead atoms. The summed E-state index contributed by atoms with van der Waals surface area (Å²) in [6, 6.07) is 3.78. The van der Waals surface area contributed by atoms with Gasteiger partial charge in [0.1, 0.15) is 5.82 Å². The van der Waals surface area contributed by atoms with Crippen LogP contribution in [0.4, 0.5) is 4.39 Å². The van der Waals surface area contributed by atoms with E-state index in [1.54, 1.807) is 12.6 Å². The number of nitrogens with zero attached hydrogens (tertiary/aromatic N) is 1. The number of benzene rings is 1. The van der Waals surface area contributed by atoms with Crippen LogP contribution in [-0.2, 0) is 23.0 Å². The predicted octanol–water partition coefficient (Wildman–Crippen LogP) is 1.52. The van der Waals surface area contributed by atoms with Gasteiger partial charge in [0.05, 0.1) is 16.1 Å². The molecule has 0 aliphatic carbocycles. The molecule has 0 unspecified atom stereocenters. The van der Waals surface area contributed by atoms with E-state index in [9.17, 15) is 12.8 Å². The van der Waals surface area contributed by atoms with Crippen molar-refractivity contribution in [1.29, 1.82) is 0 Å². The van der Waals surface area contributed by atoms with Crippen molar-refractivity contribution < 1.29 is 12.8 Å². The van der Waals surface area contributed by atoms with Crippen molar-refractivity contribution in [3.8, 4) is 0 Å². The molecule has 8 heteroatoms. The molecule has 2 rings (SSSR count). The van der Waals surface area contributed by atoms with E-state index in [4.69, 9.17) is 0 Å². The first-order valence-corrected chi connectivity index (χ1v) is 8.75. The highest BCUT2D eigenvalue weighted by molar-refractivity contribution is 7.89. The minimum atomic E-state index is -3.64. The van der Waals surface area contributed by atoms with Crippen LogP contribution in [0, 0.1) is 5.82 Å². The normalized spacial score (nSPS) is 11.7. The molecule has 1 heterocycles. The first kappa shape index (κ1) is 16.0. The summed E-state index contributed by atoms with van der Waals surface area (Å²) in [4.78, 5) is 4.15. The monoisotopic (exact) mass is 329 g/mol. The van der Waals surface area contributed by atoms with E-state index in [1.165, 1.54) is 29.5 Å². The number of hydrogen-bond acceptors (Lipinski definition) is 5. The van der Waals surface area contributed by atoms with Gasteiger partial charge in [-0.3, -0.25) is 0 Å². The zero-order chi connectivity index (χ0) is 15.3. The molecule has 1 aromatic heterocycles. The van der Waals surface area contributed by atoms with E-state index < -0.39 is 15.8 Å². The van der Waals surface area contributed by atoms with Crippen LogP contribution in [0.1, 0.15) is 11.3 Å². The molecule has 5 nitrogen and oxygen atoms in total. The van der Waals surface area contributed by atoms with Crippen LogP contribution in [0.5, 0.6) is 0 Å². The number of hydrogen-bond donors (Lipinski definition) is 2. The molecule has 0 aliphatic heterocycles. The minimum Gasteiger partial charge on any atom is -0.316 e. The molecule has 21 heavy (non-hydrogen) atoms. The molecule has 2 N–H and O–H groups in total. The Morgan fingerprint density at radius 2 is 2.19 bits per heavy atom. The number of halogens is 1. The van der Waals surface area contributed by atoms with Crippen molar-refractivity contribution >= 4 is 21.4 Å². The smallest absolute Gasteiger partial charge is 0.240 e. The van der Waals surface area contributed by atoms with Gasteiger partial charge in [-0.25, -0.2) is 22.5 Å². The average Bonchev–Trinajstić information content (AvgIpc) is 2.94. The van der Waals surface area contributed by atoms with Gasteiger partial charge in [-0.05, 0) is 25.2 Å². The predicted molar refractivity (Wildman–Crippen MR) is 80.2 cm³/mol. The van der Waals surface area contributed by atoms with Gasteiger partial charge in [-0.1, -0.05) is 0 Å². The maximum absolute atomic E-state index is 13.5. The maximum Gasteiger partial charge on any atom is 0.240 e. The molecule has 0 saturated heterocycles. The lowest BCUT2D eigenvalue weighted by molar-refractivity contribution is 0.577. The second kappa shape index (κ2) is 7.08. The van der Waals surface area contributed by atoms with E-state index in [-0.39, 0.29) is 18.0 Å². The van der Waals surface area contributed by atoms with Crippen molar-refractivity contribution in [2.75, 3.05) is 13.6 Å². The standard InChI is InChI=1S/C13H16FN3O2S2/c1-15-7-10-6-12(2-3-13(10)14)21(18,19)17-5-4-11-8-20-9-16-11/h2-3,6,8-9,15,17H,4-5,7H2,1H3. The Bertz CT molecular complexity index is 687. The van der Waals surface area contributed by atoms with Crippen LogP contribution < -0.4 is 10.0 Å². The Labute approximate surface area is 127 Å². The van der Waals surface area contributed by atoms with Crippen LogP contribution in [0.25, 0.3) is 0 Å². The fourth-order valence-corrected chi connectivity index (χ4v) is 3.48. The summed E-state index contributed by atoms with van der Waals surface area (Å²) in [7, 11) is -1.97. The highest BCUT2D eigenvalue weighted by Crippen LogP contribution is 2.15. The summed E-state index contributed by atoms with van der Waals surface area (Å²) < 4.78 is 40.3. The third-order valence-corrected chi connectivity index (χ3v) is 4.95. The number of sulfonamides is 1. The fraction of sp³-hybridized carbons (Fsp3) is 0.308. The van der Waals surface area contributed by atoms with Gasteiger partial charge < -0.3 is 5.32 Å². The highest BCUT2D eigenvalue weighted by atomic mass is 32.2. The summed E-state index contributed by atoms with van der Waals surface area (Å²) in [5.41, 5.74) is 2.87. The molecule has 0 saturated carbocycles. The van der Waals surface area contributed by atoms with Crippen molar-refractivity contribution in [3.63, 3.8) is 0 Å². The lowest BCUT2D eigenvalue weighted by Gasteiger charge is -2.09. The molecular weight excluding hydrogens is 313 g/mol. The fourth-order valence-electron chi connectivity index (χ4n) is 1.80. The number of aromatic nitrogens is 1. The van der Waals surface area contributed by atoms with E-state index in [2.05, 4.69) is 15.0 Å². The second-order valence-electron chi connectivity index (χ2n) is 4.41. The molecule has 0 aliphatic rings. The van der Waals surface area contributed by atoms with Crippen LogP contribution in [0.2, 0.25) is 0 Å². The second-order valence-corrected chi connectivity index (χ2v) is 6.90. The zero-order valence-electron chi connectivity index (χ0n) is 11.5. The first-order chi connectivity index (χ1) is 10.0. The first-order valence-electron chi connectivity index (χ1n) is 6.32. The SMILES string of the molecule is CNCc1cc(S(=O)(=O)NCCc2cscn2)ccc1F. The number of rotatable bonds is 7. The molecule has 1 aromatic carbocycles. The summed E-state index contributed by atoms with van der Waals surface area (Å²) in [5.74, 6) is -0.425. The molecule has 114 valence electrons. The number of thiazole rings is 1. The highest BCUT2D eigenvalue weighted by Gasteiger charge is 2.15. The quantitative estimate of drug-likeness (QED) is 0.808. The average molecular weight is 329 g/mol. The summed E-state index contributed by atoms with van der Waals surface area (Å²) in [6.07, 6.45) is 0.521. The Morgan fingerprint density at radius 1 is 1.38 bits per heavy atom. The largest absolute Gasteiger partial charge is 0.316 e. The summed E-state index contributed by atoms with van der Waals surface area (Å²) in [5, 5.41) is 4.68. The zero-order valence-corrected chi connectivity index (χ0v) is 13.1. The Balaban J connectivity index is 2.06. The van der Waals surface area contributed by atoms with Crippen molar-refractivity contribution in [2.45, 2.75) is 17.9 Å². The Morgan fingerprint density at radius 3 is 2.86 bits per heavy atom. The van der Waals surface area contributed by atoms with Gasteiger partial charge >= 0.3 is 0 Å². The molecule has 0 fully saturated rings. The molecular formula is C13H16FN3O2S2. The summed E-state index contributed by atoms with van der Waals surface area (Å²) >= 11 is 1.47. The van der Waals surface area contributed by atoms with E-state index in [0.717, 1.165) is 5.69 Å². The van der Waals surface area contributed by atoms with Gasteiger partial charge in [0.25, 0.3) is 0 Å². The van der Waals surface area contributed by atoms with Gasteiger partial charge in [-0.2, -0.15) is 0 Å². The Hall–Kier alpha value is -1.35. The Kier molecular flexibility index (Phi) is 5.40. The number of nitrogens with one attached hydrogen (secondary N) is 2. The van der Waals surface area contributed by atoms with E-state index in [1.807, 2.05) is 5.38 Å². The molecule has 0 spiro atoms. The van der Waals surface area contributed by atoms with Crippen LogP contribution in [-0.4, -0.2) is 27.0 Å². The van der Waals surface area contributed by atoms with Gasteiger partial charge in [0, 0.05) is 30.5 Å². The molecule has 0 amide bonds. The van der Waals surface area contributed by atoms with Crippen LogP contribution in [0.15, 0.2) is 34.0 Å². The van der Waals surface area contributed by atoms with E-state index >= 15 is 0 Å². The van der Waals surface area contributed by atoms with E-state index in [0.29, 0.717) is 12.0 Å². The third-order valence-electron chi connectivity index (χ3n) is 2.85. The van der Waals surface area contributed by atoms with Crippen molar-refractivity contribution in [3.05, 3.63) is 46.2 Å². The maximum atomic E-state index is 13.5. The summed E-state index contributed by atoms with van der Waals surface area (Å²) in [6.45, 7) is 0.527. The van der Waals surface area contributed by atoms with Gasteiger partial charge in [-0.15, -0.1) is 11.3 Å². The molecule has 0 radical (unpaired) electrons. The van der Waals surface area contributed by atoms with Crippen molar-refractivity contribution in [2.24, 2.45) is 0 Å². The van der Waals surface area contributed by atoms with Gasteiger partial charge in [0.2, 0.25) is 10.0 Å². The lowest BCUT2D eigenvalue weighted by atomic mass is 10.2. The molecule has 0 atom stereocenters. The third kappa shape index (κ3) is 4.31. The van der Waals surface area contributed by atoms with Crippen LogP contribution >= 0.6 is 11.3 Å². The van der Waals surface area contributed by atoms with Crippen molar-refractivity contribution in [1.82, 2.24) is 15.0 Å². The van der Waals surface area contributed by atoms with Crippen LogP contribution in [0.3, 0.4) is 0 Å².